The maximum absolute atomic E-state index is 5.54. The second-order valence-corrected chi connectivity index (χ2v) is 3.69. The second-order valence-electron chi connectivity index (χ2n) is 2.90. The molecule has 0 N–H and O–H groups in total. The topological polar surface area (TPSA) is 35.0 Å². The van der Waals surface area contributed by atoms with Gasteiger partial charge in [-0.3, -0.25) is 0 Å². The van der Waals surface area contributed by atoms with E-state index < -0.39 is 0 Å². The van der Waals surface area contributed by atoms with Crippen LogP contribution in [0.2, 0.25) is 0 Å². The molecule has 0 saturated heterocycles. The van der Waals surface area contributed by atoms with E-state index in [4.69, 9.17) is 4.74 Å². The molecule has 64 valence electrons. The smallest absolute Gasteiger partial charge is 0.231 e. The van der Waals surface area contributed by atoms with Gasteiger partial charge in [-0.2, -0.15) is 0 Å². The third kappa shape index (κ3) is 1.58. The Bertz CT molecular complexity index is 299. The van der Waals surface area contributed by atoms with Crippen molar-refractivity contribution in [2.75, 3.05) is 0 Å². The average molecular weight is 229 g/mol. The van der Waals surface area contributed by atoms with Gasteiger partial charge in [-0.1, -0.05) is 0 Å². The monoisotopic (exact) mass is 228 g/mol. The summed E-state index contributed by atoms with van der Waals surface area (Å²) in [6, 6.07) is 0. The van der Waals surface area contributed by atoms with Gasteiger partial charge in [0.25, 0.3) is 0 Å². The first kappa shape index (κ1) is 7.98. The molecule has 4 heteroatoms. The highest BCUT2D eigenvalue weighted by atomic mass is 79.9. The molecular formula is C8H9BrN2O. The summed E-state index contributed by atoms with van der Waals surface area (Å²) < 4.78 is 6.41. The molecule has 12 heavy (non-hydrogen) atoms. The van der Waals surface area contributed by atoms with Gasteiger partial charge in [0.15, 0.2) is 0 Å². The van der Waals surface area contributed by atoms with Gasteiger partial charge in [0, 0.05) is 0 Å². The Morgan fingerprint density at radius 3 is 2.92 bits per heavy atom. The predicted molar refractivity (Wildman–Crippen MR) is 48.1 cm³/mol. The van der Waals surface area contributed by atoms with Gasteiger partial charge < -0.3 is 4.74 Å². The van der Waals surface area contributed by atoms with Gasteiger partial charge in [0.2, 0.25) is 5.88 Å². The summed E-state index contributed by atoms with van der Waals surface area (Å²) in [4.78, 5) is 8.07. The van der Waals surface area contributed by atoms with E-state index in [-0.39, 0.29) is 0 Å². The van der Waals surface area contributed by atoms with E-state index in [2.05, 4.69) is 25.9 Å². The first-order valence-electron chi connectivity index (χ1n) is 3.91. The Morgan fingerprint density at radius 2 is 2.25 bits per heavy atom. The van der Waals surface area contributed by atoms with Crippen LogP contribution in [0.5, 0.6) is 5.88 Å². The summed E-state index contributed by atoms with van der Waals surface area (Å²) >= 11 is 3.39. The summed E-state index contributed by atoms with van der Waals surface area (Å²) in [5, 5.41) is 0. The van der Waals surface area contributed by atoms with Gasteiger partial charge >= 0.3 is 0 Å². The number of rotatable bonds is 2. The third-order valence-corrected chi connectivity index (χ3v) is 2.65. The normalized spacial score (nSPS) is 16.2. The summed E-state index contributed by atoms with van der Waals surface area (Å²) in [7, 11) is 0. The maximum atomic E-state index is 5.54. The first-order chi connectivity index (χ1) is 5.77. The van der Waals surface area contributed by atoms with E-state index in [1.807, 2.05) is 6.92 Å². The van der Waals surface area contributed by atoms with Crippen LogP contribution in [-0.4, -0.2) is 16.1 Å². The van der Waals surface area contributed by atoms with Crippen LogP contribution in [-0.2, 0) is 0 Å². The van der Waals surface area contributed by atoms with Crippen molar-refractivity contribution in [3.8, 4) is 5.88 Å². The van der Waals surface area contributed by atoms with Gasteiger partial charge in [-0.05, 0) is 35.7 Å². The number of aromatic nitrogens is 2. The zero-order valence-corrected chi connectivity index (χ0v) is 8.34. The first-order valence-corrected chi connectivity index (χ1v) is 4.70. The molecule has 3 nitrogen and oxygen atoms in total. The largest absolute Gasteiger partial charge is 0.473 e. The van der Waals surface area contributed by atoms with Crippen molar-refractivity contribution >= 4 is 15.9 Å². The molecule has 1 fully saturated rings. The number of hydrogen-bond donors (Lipinski definition) is 0. The molecule has 0 unspecified atom stereocenters. The Labute approximate surface area is 79.3 Å². The maximum Gasteiger partial charge on any atom is 0.231 e. The van der Waals surface area contributed by atoms with E-state index in [9.17, 15) is 0 Å². The number of hydrogen-bond acceptors (Lipinski definition) is 3. The minimum Gasteiger partial charge on any atom is -0.473 e. The molecule has 0 atom stereocenters. The van der Waals surface area contributed by atoms with Crippen LogP contribution in [0.4, 0.5) is 0 Å². The summed E-state index contributed by atoms with van der Waals surface area (Å²) in [6.07, 6.45) is 4.21. The second kappa shape index (κ2) is 3.01. The molecule has 1 heterocycles. The highest BCUT2D eigenvalue weighted by Gasteiger charge is 2.25. The van der Waals surface area contributed by atoms with Crippen LogP contribution in [0.1, 0.15) is 18.5 Å². The lowest BCUT2D eigenvalue weighted by Gasteiger charge is -2.05. The quantitative estimate of drug-likeness (QED) is 0.778. The molecular weight excluding hydrogens is 220 g/mol. The minimum absolute atomic E-state index is 0.385. The van der Waals surface area contributed by atoms with E-state index in [1.54, 1.807) is 0 Å². The Balaban J connectivity index is 2.23. The van der Waals surface area contributed by atoms with Crippen LogP contribution in [0.3, 0.4) is 0 Å². The number of halogens is 1. The van der Waals surface area contributed by atoms with Crippen molar-refractivity contribution in [3.63, 3.8) is 0 Å². The van der Waals surface area contributed by atoms with Crippen LogP contribution < -0.4 is 4.74 Å². The average Bonchev–Trinajstić information content (AvgIpc) is 2.83. The van der Waals surface area contributed by atoms with Crippen LogP contribution in [0.25, 0.3) is 0 Å². The third-order valence-electron chi connectivity index (χ3n) is 1.73. The van der Waals surface area contributed by atoms with E-state index in [0.717, 1.165) is 23.0 Å². The Morgan fingerprint density at radius 1 is 1.50 bits per heavy atom. The predicted octanol–water partition coefficient (Wildman–Crippen LogP) is 2.09. The highest BCUT2D eigenvalue weighted by molar-refractivity contribution is 9.10. The molecule has 0 spiro atoms. The number of nitrogens with zero attached hydrogens (tertiary/aromatic N) is 2. The van der Waals surface area contributed by atoms with Gasteiger partial charge in [0.1, 0.15) is 16.9 Å². The summed E-state index contributed by atoms with van der Waals surface area (Å²) in [6.45, 7) is 1.92. The molecule has 1 aliphatic carbocycles. The fraction of sp³-hybridized carbons (Fsp3) is 0.500. The zero-order valence-electron chi connectivity index (χ0n) is 6.75. The molecule has 2 rings (SSSR count). The van der Waals surface area contributed by atoms with Crippen molar-refractivity contribution in [2.45, 2.75) is 25.9 Å². The van der Waals surface area contributed by atoms with Gasteiger partial charge in [-0.25, -0.2) is 9.97 Å². The Kier molecular flexibility index (Phi) is 2.00. The van der Waals surface area contributed by atoms with Crippen LogP contribution in [0.15, 0.2) is 10.8 Å². The zero-order chi connectivity index (χ0) is 8.55. The van der Waals surface area contributed by atoms with Gasteiger partial charge in [-0.15, -0.1) is 0 Å². The standard InChI is InChI=1S/C8H9BrN2O/c1-5-7(9)8(11-4-10-5)12-6-2-3-6/h4,6H,2-3H2,1H3. The number of ether oxygens (including phenoxy) is 1. The molecule has 1 aromatic heterocycles. The van der Waals surface area contributed by atoms with E-state index in [1.165, 1.54) is 6.33 Å². The molecule has 0 bridgehead atoms. The van der Waals surface area contributed by atoms with Crippen molar-refractivity contribution in [1.82, 2.24) is 9.97 Å². The summed E-state index contributed by atoms with van der Waals surface area (Å²) in [5.41, 5.74) is 0.917. The van der Waals surface area contributed by atoms with Crippen molar-refractivity contribution < 1.29 is 4.74 Å². The van der Waals surface area contributed by atoms with Crippen LogP contribution >= 0.6 is 15.9 Å². The molecule has 1 aromatic rings. The summed E-state index contributed by atoms with van der Waals surface area (Å²) in [5.74, 6) is 0.671. The van der Waals surface area contributed by atoms with Crippen molar-refractivity contribution in [2.24, 2.45) is 0 Å². The Hall–Kier alpha value is -0.640. The lowest BCUT2D eigenvalue weighted by Crippen LogP contribution is -2.00. The molecule has 0 radical (unpaired) electrons. The fourth-order valence-electron chi connectivity index (χ4n) is 0.862. The minimum atomic E-state index is 0.385. The highest BCUT2D eigenvalue weighted by Crippen LogP contribution is 2.30. The van der Waals surface area contributed by atoms with E-state index >= 15 is 0 Å². The van der Waals surface area contributed by atoms with Crippen LogP contribution in [0, 0.1) is 6.92 Å². The molecule has 0 aromatic carbocycles. The number of aryl methyl sites for hydroxylation is 1. The van der Waals surface area contributed by atoms with Crippen molar-refractivity contribution in [3.05, 3.63) is 16.5 Å². The van der Waals surface area contributed by atoms with E-state index in [0.29, 0.717) is 12.0 Å². The lowest BCUT2D eigenvalue weighted by molar-refractivity contribution is 0.288. The fourth-order valence-corrected chi connectivity index (χ4v) is 1.16. The molecule has 1 aliphatic rings. The lowest BCUT2D eigenvalue weighted by atomic mass is 10.4. The SMILES string of the molecule is Cc1ncnc(OC2CC2)c1Br. The molecule has 0 aliphatic heterocycles. The van der Waals surface area contributed by atoms with Crippen molar-refractivity contribution in [1.29, 1.82) is 0 Å². The van der Waals surface area contributed by atoms with Gasteiger partial charge in [0.05, 0.1) is 5.69 Å². The molecule has 0 amide bonds. The molecule has 1 saturated carbocycles.